The molecule has 1 amide bonds. The lowest BCUT2D eigenvalue weighted by molar-refractivity contribution is -0.121. The molecule has 0 spiro atoms. The van der Waals surface area contributed by atoms with Gasteiger partial charge in [0, 0.05) is 5.41 Å². The van der Waals surface area contributed by atoms with E-state index >= 15 is 0 Å². The van der Waals surface area contributed by atoms with Crippen LogP contribution in [0.5, 0.6) is 0 Å². The van der Waals surface area contributed by atoms with Crippen LogP contribution >= 0.6 is 0 Å². The summed E-state index contributed by atoms with van der Waals surface area (Å²) in [7, 11) is 0. The number of carbonyl (C=O) groups excluding carboxylic acids is 1. The van der Waals surface area contributed by atoms with Crippen LogP contribution in [0.15, 0.2) is 40.4 Å². The third-order valence-corrected chi connectivity index (χ3v) is 3.96. The molecule has 1 aliphatic carbocycles. The van der Waals surface area contributed by atoms with Crippen LogP contribution in [0, 0.1) is 5.92 Å². The number of hydrogen-bond donors (Lipinski definition) is 1. The first-order valence-corrected chi connectivity index (χ1v) is 7.75. The van der Waals surface area contributed by atoms with Crippen molar-refractivity contribution in [3.63, 3.8) is 0 Å². The summed E-state index contributed by atoms with van der Waals surface area (Å²) in [5, 5.41) is 6.83. The zero-order valence-corrected chi connectivity index (χ0v) is 13.9. The number of carbonyl (C=O) groups is 1. The van der Waals surface area contributed by atoms with E-state index in [-0.39, 0.29) is 23.8 Å². The summed E-state index contributed by atoms with van der Waals surface area (Å²) in [6.07, 6.45) is 0. The minimum atomic E-state index is -0.166. The zero-order valence-electron chi connectivity index (χ0n) is 13.9. The lowest BCUT2D eigenvalue weighted by Gasteiger charge is -2.10. The monoisotopic (exact) mass is 311 g/mol. The van der Waals surface area contributed by atoms with E-state index < -0.39 is 0 Å². The molecule has 5 nitrogen and oxygen atoms in total. The molecule has 0 aliphatic heterocycles. The van der Waals surface area contributed by atoms with Crippen molar-refractivity contribution in [3.05, 3.63) is 53.2 Å². The van der Waals surface area contributed by atoms with E-state index in [0.29, 0.717) is 11.7 Å². The van der Waals surface area contributed by atoms with Gasteiger partial charge in [-0.1, -0.05) is 61.8 Å². The first kappa shape index (κ1) is 15.5. The van der Waals surface area contributed by atoms with Gasteiger partial charge in [-0.25, -0.2) is 0 Å². The molecule has 120 valence electrons. The van der Waals surface area contributed by atoms with Gasteiger partial charge in [-0.3, -0.25) is 4.79 Å². The van der Waals surface area contributed by atoms with E-state index in [1.807, 2.05) is 58.0 Å². The second-order valence-corrected chi connectivity index (χ2v) is 6.88. The topological polar surface area (TPSA) is 68.0 Å². The van der Waals surface area contributed by atoms with Gasteiger partial charge in [0.1, 0.15) is 0 Å². The number of amides is 1. The molecule has 1 heterocycles. The van der Waals surface area contributed by atoms with Crippen molar-refractivity contribution >= 4 is 11.5 Å². The lowest BCUT2D eigenvalue weighted by atomic mass is 9.96. The molecular weight excluding hydrogens is 290 g/mol. The second-order valence-electron chi connectivity index (χ2n) is 6.88. The van der Waals surface area contributed by atoms with Gasteiger partial charge in [0.15, 0.2) is 5.82 Å². The molecule has 1 aromatic heterocycles. The summed E-state index contributed by atoms with van der Waals surface area (Å²) in [5.74, 6) is 0.926. The molecule has 5 heteroatoms. The van der Waals surface area contributed by atoms with Crippen LogP contribution in [0.1, 0.15) is 45.0 Å². The number of nitrogens with zero attached hydrogens (tertiary/aromatic N) is 2. The maximum absolute atomic E-state index is 12.3. The number of rotatable bonds is 4. The number of benzene rings is 1. The number of nitrogens with one attached hydrogen (secondary N) is 1. The maximum Gasteiger partial charge on any atom is 0.246 e. The van der Waals surface area contributed by atoms with Crippen LogP contribution in [0.4, 0.5) is 0 Å². The Morgan fingerprint density at radius 2 is 1.96 bits per heavy atom. The van der Waals surface area contributed by atoms with Gasteiger partial charge in [-0.2, -0.15) is 4.98 Å². The Morgan fingerprint density at radius 1 is 1.26 bits per heavy atom. The molecule has 0 bridgehead atoms. The van der Waals surface area contributed by atoms with Gasteiger partial charge in [0.25, 0.3) is 0 Å². The Kier molecular flexibility index (Phi) is 3.80. The first-order valence-electron chi connectivity index (χ1n) is 7.75. The van der Waals surface area contributed by atoms with E-state index in [4.69, 9.17) is 4.52 Å². The molecule has 1 N–H and O–H groups in total. The highest BCUT2D eigenvalue weighted by Gasteiger charge is 2.39. The largest absolute Gasteiger partial charge is 0.346 e. The molecule has 0 saturated carbocycles. The predicted octanol–water partition coefficient (Wildman–Crippen LogP) is 3.09. The van der Waals surface area contributed by atoms with Crippen LogP contribution in [0.25, 0.3) is 5.57 Å². The summed E-state index contributed by atoms with van der Waals surface area (Å²) in [4.78, 5) is 16.7. The Morgan fingerprint density at radius 3 is 2.57 bits per heavy atom. The second kappa shape index (κ2) is 5.65. The molecule has 0 saturated heterocycles. The average molecular weight is 311 g/mol. The van der Waals surface area contributed by atoms with Crippen LogP contribution < -0.4 is 5.32 Å². The van der Waals surface area contributed by atoms with Crippen LogP contribution in [0.3, 0.4) is 0 Å². The van der Waals surface area contributed by atoms with E-state index in [1.54, 1.807) is 0 Å². The fourth-order valence-electron chi connectivity index (χ4n) is 2.57. The van der Waals surface area contributed by atoms with Crippen molar-refractivity contribution in [2.24, 2.45) is 5.92 Å². The summed E-state index contributed by atoms with van der Waals surface area (Å²) in [6, 6.07) is 9.99. The highest BCUT2D eigenvalue weighted by atomic mass is 16.5. The van der Waals surface area contributed by atoms with Crippen LogP contribution in [0.2, 0.25) is 0 Å². The van der Waals surface area contributed by atoms with Crippen LogP contribution in [-0.2, 0) is 16.8 Å². The third kappa shape index (κ3) is 3.18. The van der Waals surface area contributed by atoms with Gasteiger partial charge in [-0.15, -0.1) is 0 Å². The molecule has 2 aromatic rings. The summed E-state index contributed by atoms with van der Waals surface area (Å²) >= 11 is 0. The third-order valence-electron chi connectivity index (χ3n) is 3.96. The van der Waals surface area contributed by atoms with E-state index in [2.05, 4.69) is 15.5 Å². The Bertz CT molecular complexity index is 754. The van der Waals surface area contributed by atoms with Gasteiger partial charge >= 0.3 is 0 Å². The standard InChI is InChI=1S/C18H21N3O2/c1-11-14(12-8-6-5-7-9-12)15(11)16(22)19-10-13-20-17(21-23-13)18(2,3)4/h5-9,15H,10H2,1-4H3,(H,19,22)/t15-/m0/s1. The molecule has 0 radical (unpaired) electrons. The van der Waals surface area contributed by atoms with Crippen molar-refractivity contribution in [1.29, 1.82) is 0 Å². The molecule has 1 aromatic carbocycles. The fraction of sp³-hybridized carbons (Fsp3) is 0.389. The maximum atomic E-state index is 12.3. The summed E-state index contributed by atoms with van der Waals surface area (Å²) < 4.78 is 5.19. The molecule has 0 unspecified atom stereocenters. The SMILES string of the molecule is CC1=C(c2ccccc2)[C@H]1C(=O)NCc1nc(C(C)(C)C)no1. The molecule has 1 atom stereocenters. The number of hydrogen-bond acceptors (Lipinski definition) is 4. The van der Waals surface area contributed by atoms with Gasteiger partial charge in [0.2, 0.25) is 11.8 Å². The first-order chi connectivity index (χ1) is 10.9. The van der Waals surface area contributed by atoms with Crippen LogP contribution in [-0.4, -0.2) is 16.0 Å². The van der Waals surface area contributed by atoms with Crippen molar-refractivity contribution in [3.8, 4) is 0 Å². The zero-order chi connectivity index (χ0) is 16.6. The van der Waals surface area contributed by atoms with Gasteiger partial charge < -0.3 is 9.84 Å². The minimum absolute atomic E-state index is 0.0168. The smallest absolute Gasteiger partial charge is 0.246 e. The molecular formula is C18H21N3O2. The van der Waals surface area contributed by atoms with Gasteiger partial charge in [0.05, 0.1) is 12.5 Å². The highest BCUT2D eigenvalue weighted by Crippen LogP contribution is 2.46. The minimum Gasteiger partial charge on any atom is -0.346 e. The summed E-state index contributed by atoms with van der Waals surface area (Å²) in [5.41, 5.74) is 3.18. The number of aromatic nitrogens is 2. The molecule has 23 heavy (non-hydrogen) atoms. The lowest BCUT2D eigenvalue weighted by Crippen LogP contribution is -2.26. The molecule has 0 fully saturated rings. The van der Waals surface area contributed by atoms with Crippen molar-refractivity contribution in [2.45, 2.75) is 39.7 Å². The molecule has 1 aliphatic rings. The van der Waals surface area contributed by atoms with Crippen molar-refractivity contribution in [2.75, 3.05) is 0 Å². The quantitative estimate of drug-likeness (QED) is 0.942. The van der Waals surface area contributed by atoms with E-state index in [0.717, 1.165) is 16.7 Å². The van der Waals surface area contributed by atoms with Crippen molar-refractivity contribution in [1.82, 2.24) is 15.5 Å². The average Bonchev–Trinajstić information content (AvgIpc) is 2.96. The molecule has 3 rings (SSSR count). The fourth-order valence-corrected chi connectivity index (χ4v) is 2.57. The van der Waals surface area contributed by atoms with Crippen molar-refractivity contribution < 1.29 is 9.32 Å². The van der Waals surface area contributed by atoms with Gasteiger partial charge in [-0.05, 0) is 18.1 Å². The van der Waals surface area contributed by atoms with E-state index in [9.17, 15) is 4.79 Å². The normalized spacial score (nSPS) is 17.3. The Hall–Kier alpha value is -2.43. The Labute approximate surface area is 135 Å². The summed E-state index contributed by atoms with van der Waals surface area (Å²) in [6.45, 7) is 8.31. The predicted molar refractivity (Wildman–Crippen MR) is 87.4 cm³/mol. The van der Waals surface area contributed by atoms with E-state index in [1.165, 1.54) is 0 Å². The highest BCUT2D eigenvalue weighted by molar-refractivity contribution is 6.05. The Balaban J connectivity index is 1.58.